The summed E-state index contributed by atoms with van der Waals surface area (Å²) in [7, 11) is 3.47. The van der Waals surface area contributed by atoms with Crippen molar-refractivity contribution >= 4 is 40.7 Å². The van der Waals surface area contributed by atoms with Crippen molar-refractivity contribution in [3.05, 3.63) is 63.1 Å². The van der Waals surface area contributed by atoms with Crippen molar-refractivity contribution < 1.29 is 51.2 Å². The maximum Gasteiger partial charge on any atom is 0.349 e. The van der Waals surface area contributed by atoms with Crippen LogP contribution in [-0.4, -0.2) is 45.9 Å². The van der Waals surface area contributed by atoms with Crippen LogP contribution in [0.5, 0.6) is 17.2 Å². The summed E-state index contributed by atoms with van der Waals surface area (Å²) in [5.41, 5.74) is -0.870. The fourth-order valence-electron chi connectivity index (χ4n) is 3.66. The Balaban J connectivity index is 1.53. The Morgan fingerprint density at radius 1 is 0.878 bits per heavy atom. The smallest absolute Gasteiger partial charge is 0.349 e. The van der Waals surface area contributed by atoms with E-state index in [1.54, 1.807) is 0 Å². The minimum absolute atomic E-state index is 0.0783. The number of rotatable bonds is 11. The molecule has 0 radical (unpaired) electrons. The van der Waals surface area contributed by atoms with E-state index < -0.39 is 42.0 Å². The van der Waals surface area contributed by atoms with Gasteiger partial charge in [0.25, 0.3) is 0 Å². The third kappa shape index (κ3) is 6.82. The minimum Gasteiger partial charge on any atom is -0.493 e. The van der Waals surface area contributed by atoms with E-state index in [0.29, 0.717) is 12.5 Å². The lowest BCUT2D eigenvalue weighted by Crippen LogP contribution is -2.22. The van der Waals surface area contributed by atoms with Crippen LogP contribution in [0.1, 0.15) is 38.4 Å². The molecule has 2 amide bonds. The monoisotopic (exact) mass is 594 g/mol. The van der Waals surface area contributed by atoms with Gasteiger partial charge in [0.1, 0.15) is 22.8 Å². The molecule has 3 aromatic rings. The summed E-state index contributed by atoms with van der Waals surface area (Å²) in [6, 6.07) is 3.29. The highest BCUT2D eigenvalue weighted by Gasteiger charge is 2.27. The van der Waals surface area contributed by atoms with E-state index in [1.165, 1.54) is 18.6 Å². The quantitative estimate of drug-likeness (QED) is 0.269. The molecule has 0 bridgehead atoms. The molecular formula is C27H25F3N2O8S. The SMILES string of the molecule is COC(=O)c1scc(NC(=O)Nc2cc(OCc3c(OCC4CC4)ccc(F)c3F)c(OC)cc2F)c1C(=O)OC. The van der Waals surface area contributed by atoms with Crippen molar-refractivity contribution in [2.24, 2.45) is 5.92 Å². The van der Waals surface area contributed by atoms with Crippen molar-refractivity contribution in [3.63, 3.8) is 0 Å². The molecule has 1 saturated carbocycles. The average Bonchev–Trinajstić information content (AvgIpc) is 3.71. The van der Waals surface area contributed by atoms with Crippen LogP contribution < -0.4 is 24.8 Å². The van der Waals surface area contributed by atoms with Crippen LogP contribution in [0.2, 0.25) is 0 Å². The van der Waals surface area contributed by atoms with Gasteiger partial charge >= 0.3 is 18.0 Å². The van der Waals surface area contributed by atoms with Gasteiger partial charge in [-0.25, -0.2) is 27.6 Å². The normalized spacial score (nSPS) is 12.3. The largest absolute Gasteiger partial charge is 0.493 e. The number of nitrogens with one attached hydrogen (secondary N) is 2. The zero-order valence-corrected chi connectivity index (χ0v) is 22.9. The Hall–Kier alpha value is -4.46. The van der Waals surface area contributed by atoms with E-state index in [4.69, 9.17) is 14.2 Å². The molecule has 1 aliphatic rings. The van der Waals surface area contributed by atoms with Crippen LogP contribution >= 0.6 is 11.3 Å². The molecule has 10 nitrogen and oxygen atoms in total. The molecule has 1 aromatic heterocycles. The molecule has 14 heteroatoms. The Morgan fingerprint density at radius 2 is 1.59 bits per heavy atom. The van der Waals surface area contributed by atoms with Gasteiger partial charge in [-0.2, -0.15) is 0 Å². The van der Waals surface area contributed by atoms with E-state index in [2.05, 4.69) is 20.1 Å². The number of methoxy groups -OCH3 is 3. The summed E-state index contributed by atoms with van der Waals surface area (Å²) in [5.74, 6) is -4.59. The van der Waals surface area contributed by atoms with Crippen LogP contribution in [0.25, 0.3) is 0 Å². The molecule has 1 heterocycles. The predicted molar refractivity (Wildman–Crippen MR) is 142 cm³/mol. The van der Waals surface area contributed by atoms with Crippen molar-refractivity contribution in [2.75, 3.05) is 38.6 Å². The molecule has 218 valence electrons. The number of esters is 2. The number of carbonyl (C=O) groups is 3. The van der Waals surface area contributed by atoms with E-state index in [9.17, 15) is 27.6 Å². The number of halogens is 3. The standard InChI is InChI=1S/C27H25F3N2O8S/c1-36-20-8-16(29)17(31-27(35)32-18-12-41-24(26(34)38-3)22(18)25(33)37-2)9-21(20)40-11-14-19(39-10-13-4-5-13)7-6-15(28)23(14)30/h6-9,12-13H,4-5,10-11H2,1-3H3,(H2,31,32,35). The maximum atomic E-state index is 14.8. The lowest BCUT2D eigenvalue weighted by molar-refractivity contribution is 0.0561. The van der Waals surface area contributed by atoms with Crippen LogP contribution in [0.15, 0.2) is 29.6 Å². The maximum absolute atomic E-state index is 14.8. The van der Waals surface area contributed by atoms with Gasteiger partial charge in [0, 0.05) is 17.5 Å². The average molecular weight is 595 g/mol. The zero-order chi connectivity index (χ0) is 29.7. The van der Waals surface area contributed by atoms with Crippen molar-refractivity contribution in [1.82, 2.24) is 0 Å². The van der Waals surface area contributed by atoms with Gasteiger partial charge in [0.05, 0.1) is 44.9 Å². The van der Waals surface area contributed by atoms with Gasteiger partial charge < -0.3 is 34.3 Å². The van der Waals surface area contributed by atoms with Gasteiger partial charge in [0.15, 0.2) is 29.0 Å². The molecule has 2 aromatic carbocycles. The number of amides is 2. The zero-order valence-electron chi connectivity index (χ0n) is 22.1. The second kappa shape index (κ2) is 12.8. The second-order valence-electron chi connectivity index (χ2n) is 8.78. The number of hydrogen-bond donors (Lipinski definition) is 2. The third-order valence-corrected chi connectivity index (χ3v) is 6.96. The van der Waals surface area contributed by atoms with Gasteiger partial charge in [-0.3, -0.25) is 0 Å². The van der Waals surface area contributed by atoms with Crippen LogP contribution in [-0.2, 0) is 16.1 Å². The highest BCUT2D eigenvalue weighted by molar-refractivity contribution is 7.13. The molecule has 1 aliphatic carbocycles. The first-order valence-corrected chi connectivity index (χ1v) is 13.0. The molecule has 0 spiro atoms. The molecule has 41 heavy (non-hydrogen) atoms. The van der Waals surface area contributed by atoms with Gasteiger partial charge in [0.2, 0.25) is 0 Å². The van der Waals surface area contributed by atoms with Crippen molar-refractivity contribution in [3.8, 4) is 17.2 Å². The fraction of sp³-hybridized carbons (Fsp3) is 0.296. The first kappa shape index (κ1) is 29.5. The van der Waals surface area contributed by atoms with E-state index in [1.807, 2.05) is 0 Å². The first-order valence-electron chi connectivity index (χ1n) is 12.1. The molecule has 0 unspecified atom stereocenters. The second-order valence-corrected chi connectivity index (χ2v) is 9.66. The summed E-state index contributed by atoms with van der Waals surface area (Å²) < 4.78 is 69.2. The molecule has 0 saturated heterocycles. The van der Waals surface area contributed by atoms with Crippen molar-refractivity contribution in [2.45, 2.75) is 19.4 Å². The van der Waals surface area contributed by atoms with E-state index >= 15 is 0 Å². The number of urea groups is 1. The molecule has 1 fully saturated rings. The van der Waals surface area contributed by atoms with Gasteiger partial charge in [-0.05, 0) is 30.9 Å². The summed E-state index contributed by atoms with van der Waals surface area (Å²) >= 11 is 0.831. The first-order chi connectivity index (χ1) is 19.7. The topological polar surface area (TPSA) is 121 Å². The number of ether oxygens (including phenoxy) is 5. The van der Waals surface area contributed by atoms with E-state index in [0.717, 1.165) is 56.6 Å². The van der Waals surface area contributed by atoms with E-state index in [-0.39, 0.29) is 44.6 Å². The predicted octanol–water partition coefficient (Wildman–Crippen LogP) is 5.76. The van der Waals surface area contributed by atoms with Gasteiger partial charge in [-0.1, -0.05) is 0 Å². The molecule has 0 aliphatic heterocycles. The molecule has 4 rings (SSSR count). The third-order valence-electron chi connectivity index (χ3n) is 6.00. The van der Waals surface area contributed by atoms with Crippen molar-refractivity contribution in [1.29, 1.82) is 0 Å². The van der Waals surface area contributed by atoms with Crippen LogP contribution in [0, 0.1) is 23.4 Å². The summed E-state index contributed by atoms with van der Waals surface area (Å²) in [5, 5.41) is 5.95. The highest BCUT2D eigenvalue weighted by atomic mass is 32.1. The Morgan fingerprint density at radius 3 is 2.24 bits per heavy atom. The van der Waals surface area contributed by atoms with Crippen LogP contribution in [0.4, 0.5) is 29.3 Å². The number of hydrogen-bond acceptors (Lipinski definition) is 9. The molecular weight excluding hydrogens is 569 g/mol. The molecule has 2 N–H and O–H groups in total. The Bertz CT molecular complexity index is 1480. The Labute approximate surface area is 236 Å². The number of carbonyl (C=O) groups excluding carboxylic acids is 3. The highest BCUT2D eigenvalue weighted by Crippen LogP contribution is 2.36. The number of anilines is 2. The summed E-state index contributed by atoms with van der Waals surface area (Å²) in [4.78, 5) is 36.9. The number of thiophene rings is 1. The lowest BCUT2D eigenvalue weighted by Gasteiger charge is -2.16. The summed E-state index contributed by atoms with van der Waals surface area (Å²) in [6.45, 7) is -0.144. The Kier molecular flexibility index (Phi) is 9.22. The minimum atomic E-state index is -1.15. The fourth-order valence-corrected chi connectivity index (χ4v) is 4.57. The van der Waals surface area contributed by atoms with Crippen LogP contribution in [0.3, 0.4) is 0 Å². The summed E-state index contributed by atoms with van der Waals surface area (Å²) in [6.07, 6.45) is 1.99. The number of benzene rings is 2. The lowest BCUT2D eigenvalue weighted by atomic mass is 10.2. The van der Waals surface area contributed by atoms with Gasteiger partial charge in [-0.15, -0.1) is 11.3 Å². The molecule has 0 atom stereocenters.